The van der Waals surface area contributed by atoms with Crippen LogP contribution in [0.1, 0.15) is 5.56 Å². The first-order valence-corrected chi connectivity index (χ1v) is 5.34. The minimum absolute atomic E-state index is 0.224. The van der Waals surface area contributed by atoms with E-state index in [4.69, 9.17) is 15.2 Å². The molecule has 16 heavy (non-hydrogen) atoms. The summed E-state index contributed by atoms with van der Waals surface area (Å²) in [6, 6.07) is 7.68. The molecule has 1 atom stereocenters. The van der Waals surface area contributed by atoms with Crippen molar-refractivity contribution >= 4 is 0 Å². The highest BCUT2D eigenvalue weighted by atomic mass is 16.5. The van der Waals surface area contributed by atoms with E-state index in [1.54, 1.807) is 7.11 Å². The molecule has 0 radical (unpaired) electrons. The van der Waals surface area contributed by atoms with E-state index in [-0.39, 0.29) is 6.54 Å². The van der Waals surface area contributed by atoms with Crippen LogP contribution < -0.4 is 10.5 Å². The van der Waals surface area contributed by atoms with Gasteiger partial charge >= 0.3 is 0 Å². The molecule has 3 N–H and O–H groups in total. The van der Waals surface area contributed by atoms with Gasteiger partial charge in [-0.3, -0.25) is 0 Å². The number of nitrogens with two attached hydrogens (primary N) is 1. The maximum absolute atomic E-state index is 10.0. The lowest BCUT2D eigenvalue weighted by Crippen LogP contribution is -2.57. The molecule has 4 nitrogen and oxygen atoms in total. The number of hydrogen-bond donors (Lipinski definition) is 2. The number of aliphatic hydroxyl groups is 1. The quantitative estimate of drug-likeness (QED) is 0.769. The van der Waals surface area contributed by atoms with Gasteiger partial charge in [-0.1, -0.05) is 18.2 Å². The van der Waals surface area contributed by atoms with E-state index in [9.17, 15) is 5.11 Å². The summed E-state index contributed by atoms with van der Waals surface area (Å²) >= 11 is 0. The molecular weight excluding hydrogens is 206 g/mol. The van der Waals surface area contributed by atoms with E-state index in [0.717, 1.165) is 11.3 Å². The van der Waals surface area contributed by atoms with Gasteiger partial charge in [0.25, 0.3) is 0 Å². The molecule has 1 aromatic rings. The third kappa shape index (κ3) is 1.59. The number of benzene rings is 1. The normalized spacial score (nSPS) is 19.9. The lowest BCUT2D eigenvalue weighted by molar-refractivity contribution is -0.117. The molecule has 0 bridgehead atoms. The van der Waals surface area contributed by atoms with E-state index in [2.05, 4.69) is 0 Å². The molecule has 1 saturated heterocycles. The lowest BCUT2D eigenvalue weighted by atomic mass is 9.73. The van der Waals surface area contributed by atoms with Gasteiger partial charge in [0.2, 0.25) is 0 Å². The van der Waals surface area contributed by atoms with Crippen molar-refractivity contribution in [3.05, 3.63) is 29.8 Å². The van der Waals surface area contributed by atoms with Gasteiger partial charge in [0, 0.05) is 12.1 Å². The Morgan fingerprint density at radius 2 is 2.19 bits per heavy atom. The summed E-state index contributed by atoms with van der Waals surface area (Å²) in [6.45, 7) is 1.21. The zero-order valence-corrected chi connectivity index (χ0v) is 9.35. The number of rotatable bonds is 4. The number of ether oxygens (including phenoxy) is 2. The van der Waals surface area contributed by atoms with Gasteiger partial charge in [0.05, 0.1) is 31.8 Å². The Kier molecular flexibility index (Phi) is 3.14. The van der Waals surface area contributed by atoms with Crippen molar-refractivity contribution < 1.29 is 14.6 Å². The van der Waals surface area contributed by atoms with Gasteiger partial charge in [-0.15, -0.1) is 0 Å². The van der Waals surface area contributed by atoms with E-state index in [1.165, 1.54) is 0 Å². The second-order valence-electron chi connectivity index (χ2n) is 4.10. The molecular formula is C12H17NO3. The van der Waals surface area contributed by atoms with Gasteiger partial charge in [-0.05, 0) is 6.07 Å². The molecule has 1 aromatic carbocycles. The average molecular weight is 223 g/mol. The van der Waals surface area contributed by atoms with Crippen molar-refractivity contribution in [2.45, 2.75) is 11.5 Å². The molecule has 0 aliphatic carbocycles. The van der Waals surface area contributed by atoms with Crippen LogP contribution in [0.25, 0.3) is 0 Å². The van der Waals surface area contributed by atoms with Crippen LogP contribution in [-0.4, -0.2) is 38.1 Å². The topological polar surface area (TPSA) is 64.7 Å². The van der Waals surface area contributed by atoms with Gasteiger partial charge in [-0.25, -0.2) is 0 Å². The molecule has 88 valence electrons. The summed E-state index contributed by atoms with van der Waals surface area (Å²) in [7, 11) is 1.63. The molecule has 1 fully saturated rings. The second kappa shape index (κ2) is 4.41. The Labute approximate surface area is 95.0 Å². The molecule has 1 unspecified atom stereocenters. The maximum atomic E-state index is 10.0. The summed E-state index contributed by atoms with van der Waals surface area (Å²) < 4.78 is 10.6. The Bertz CT molecular complexity index is 363. The Morgan fingerprint density at radius 3 is 2.69 bits per heavy atom. The third-order valence-electron chi connectivity index (χ3n) is 3.22. The van der Waals surface area contributed by atoms with Gasteiger partial charge in [0.1, 0.15) is 5.75 Å². The third-order valence-corrected chi connectivity index (χ3v) is 3.22. The van der Waals surface area contributed by atoms with Crippen LogP contribution in [0.5, 0.6) is 5.75 Å². The van der Waals surface area contributed by atoms with Crippen LogP contribution in [0.4, 0.5) is 0 Å². The van der Waals surface area contributed by atoms with Crippen LogP contribution in [-0.2, 0) is 10.2 Å². The molecule has 0 aromatic heterocycles. The van der Waals surface area contributed by atoms with Gasteiger partial charge < -0.3 is 20.3 Å². The monoisotopic (exact) mass is 223 g/mol. The average Bonchev–Trinajstić information content (AvgIpc) is 2.28. The lowest BCUT2D eigenvalue weighted by Gasteiger charge is -2.45. The summed E-state index contributed by atoms with van der Waals surface area (Å²) in [4.78, 5) is 0. The van der Waals surface area contributed by atoms with Crippen LogP contribution in [0.15, 0.2) is 24.3 Å². The SMILES string of the molecule is COc1ccccc1C1(C(O)CN)COC1. The van der Waals surface area contributed by atoms with Crippen molar-refractivity contribution in [1.29, 1.82) is 0 Å². The first kappa shape index (κ1) is 11.4. The first-order chi connectivity index (χ1) is 7.74. The summed E-state index contributed by atoms with van der Waals surface area (Å²) in [6.07, 6.45) is -0.599. The molecule has 0 saturated carbocycles. The highest BCUT2D eigenvalue weighted by molar-refractivity contribution is 5.42. The molecule has 2 rings (SSSR count). The molecule has 0 amide bonds. The molecule has 0 spiro atoms. The summed E-state index contributed by atoms with van der Waals surface area (Å²) in [5.41, 5.74) is 6.12. The molecule has 1 aliphatic heterocycles. The fourth-order valence-corrected chi connectivity index (χ4v) is 2.13. The van der Waals surface area contributed by atoms with Crippen molar-refractivity contribution in [3.8, 4) is 5.75 Å². The zero-order valence-electron chi connectivity index (χ0n) is 9.35. The maximum Gasteiger partial charge on any atom is 0.122 e. The summed E-state index contributed by atoms with van der Waals surface area (Å²) in [5, 5.41) is 10.0. The minimum atomic E-state index is -0.599. The smallest absolute Gasteiger partial charge is 0.122 e. The highest BCUT2D eigenvalue weighted by Crippen LogP contribution is 2.40. The van der Waals surface area contributed by atoms with Crippen molar-refractivity contribution in [2.75, 3.05) is 26.9 Å². The van der Waals surface area contributed by atoms with Gasteiger partial charge in [0.15, 0.2) is 0 Å². The predicted molar refractivity (Wildman–Crippen MR) is 60.6 cm³/mol. The Hall–Kier alpha value is -1.10. The molecule has 4 heteroatoms. The van der Waals surface area contributed by atoms with E-state index >= 15 is 0 Å². The molecule has 1 aliphatic rings. The zero-order chi connectivity index (χ0) is 11.6. The van der Waals surface area contributed by atoms with Crippen LogP contribution in [0, 0.1) is 0 Å². The largest absolute Gasteiger partial charge is 0.496 e. The fourth-order valence-electron chi connectivity index (χ4n) is 2.13. The van der Waals surface area contributed by atoms with E-state index in [1.807, 2.05) is 24.3 Å². The van der Waals surface area contributed by atoms with Crippen molar-refractivity contribution in [1.82, 2.24) is 0 Å². The summed E-state index contributed by atoms with van der Waals surface area (Å²) in [5.74, 6) is 0.776. The van der Waals surface area contributed by atoms with Crippen molar-refractivity contribution in [3.63, 3.8) is 0 Å². The highest BCUT2D eigenvalue weighted by Gasteiger charge is 2.47. The standard InChI is InChI=1S/C12H17NO3/c1-15-10-5-3-2-4-9(10)12(7-16-8-12)11(14)6-13/h2-5,11,14H,6-8,13H2,1H3. The van der Waals surface area contributed by atoms with Crippen LogP contribution in [0.3, 0.4) is 0 Å². The van der Waals surface area contributed by atoms with E-state index < -0.39 is 11.5 Å². The van der Waals surface area contributed by atoms with Crippen LogP contribution in [0.2, 0.25) is 0 Å². The number of para-hydroxylation sites is 1. The number of hydrogen-bond acceptors (Lipinski definition) is 4. The van der Waals surface area contributed by atoms with Crippen molar-refractivity contribution in [2.24, 2.45) is 5.73 Å². The molecule has 1 heterocycles. The second-order valence-corrected chi connectivity index (χ2v) is 4.10. The Morgan fingerprint density at radius 1 is 1.50 bits per heavy atom. The van der Waals surface area contributed by atoms with E-state index in [0.29, 0.717) is 13.2 Å². The van der Waals surface area contributed by atoms with Crippen LogP contribution >= 0.6 is 0 Å². The first-order valence-electron chi connectivity index (χ1n) is 5.34. The fraction of sp³-hybridized carbons (Fsp3) is 0.500. The minimum Gasteiger partial charge on any atom is -0.496 e. The predicted octanol–water partition coefficient (Wildman–Crippen LogP) is 0.283. The Balaban J connectivity index is 2.40. The number of methoxy groups -OCH3 is 1. The number of aliphatic hydroxyl groups excluding tert-OH is 1. The van der Waals surface area contributed by atoms with Gasteiger partial charge in [-0.2, -0.15) is 0 Å².